The Hall–Kier alpha value is -2.57. The Balaban J connectivity index is 1.61. The minimum atomic E-state index is -0.959. The summed E-state index contributed by atoms with van der Waals surface area (Å²) in [5, 5.41) is 18.9. The first kappa shape index (κ1) is 18.2. The number of likely N-dealkylation sites (tertiary alicyclic amines) is 2. The van der Waals surface area contributed by atoms with E-state index < -0.39 is 12.0 Å². The quantitative estimate of drug-likeness (QED) is 0.845. The van der Waals surface area contributed by atoms with Crippen LogP contribution in [0.4, 0.5) is 0 Å². The van der Waals surface area contributed by atoms with Crippen molar-refractivity contribution >= 4 is 17.8 Å². The maximum atomic E-state index is 12.5. The van der Waals surface area contributed by atoms with Crippen LogP contribution >= 0.6 is 0 Å². The van der Waals surface area contributed by atoms with Gasteiger partial charge in [0, 0.05) is 26.6 Å². The highest BCUT2D eigenvalue weighted by atomic mass is 16.4. The van der Waals surface area contributed by atoms with E-state index >= 15 is 0 Å². The smallest absolute Gasteiger partial charge is 0.326 e. The molecule has 140 valence electrons. The maximum Gasteiger partial charge on any atom is 0.326 e. The van der Waals surface area contributed by atoms with Crippen LogP contribution in [0.15, 0.2) is 24.3 Å². The van der Waals surface area contributed by atoms with Crippen LogP contribution in [0.3, 0.4) is 0 Å². The third-order valence-electron chi connectivity index (χ3n) is 5.64. The van der Waals surface area contributed by atoms with Gasteiger partial charge in [0.2, 0.25) is 11.8 Å². The summed E-state index contributed by atoms with van der Waals surface area (Å²) in [5.74, 6) is -1.03. The number of amides is 2. The Morgan fingerprint density at radius 2 is 1.92 bits per heavy atom. The summed E-state index contributed by atoms with van der Waals surface area (Å²) >= 11 is 0. The van der Waals surface area contributed by atoms with Gasteiger partial charge in [0.1, 0.15) is 11.8 Å². The number of nitrogens with zero attached hydrogens (tertiary/aromatic N) is 2. The van der Waals surface area contributed by atoms with Gasteiger partial charge < -0.3 is 20.0 Å². The molecule has 7 heteroatoms. The average Bonchev–Trinajstić information content (AvgIpc) is 2.95. The van der Waals surface area contributed by atoms with E-state index in [0.717, 1.165) is 5.56 Å². The number of carboxylic acid groups (broad SMARTS) is 1. The molecule has 26 heavy (non-hydrogen) atoms. The van der Waals surface area contributed by atoms with Crippen molar-refractivity contribution in [2.45, 2.75) is 38.6 Å². The van der Waals surface area contributed by atoms with E-state index in [2.05, 4.69) is 0 Å². The summed E-state index contributed by atoms with van der Waals surface area (Å²) < 4.78 is 0. The van der Waals surface area contributed by atoms with Gasteiger partial charge in [-0.05, 0) is 42.4 Å². The second-order valence-corrected chi connectivity index (χ2v) is 7.43. The van der Waals surface area contributed by atoms with E-state index in [1.54, 1.807) is 23.1 Å². The molecular formula is C19H24N2O5. The molecule has 1 atom stereocenters. The Morgan fingerprint density at radius 1 is 1.23 bits per heavy atom. The molecule has 1 aromatic carbocycles. The largest absolute Gasteiger partial charge is 0.508 e. The third kappa shape index (κ3) is 3.66. The van der Waals surface area contributed by atoms with Crippen molar-refractivity contribution in [1.82, 2.24) is 9.80 Å². The molecule has 2 aliphatic rings. The van der Waals surface area contributed by atoms with Crippen molar-refractivity contribution in [3.05, 3.63) is 29.8 Å². The minimum absolute atomic E-state index is 0.00153. The van der Waals surface area contributed by atoms with E-state index in [-0.39, 0.29) is 29.4 Å². The number of hydrogen-bond donors (Lipinski definition) is 2. The van der Waals surface area contributed by atoms with Gasteiger partial charge >= 0.3 is 5.97 Å². The number of phenols is 1. The van der Waals surface area contributed by atoms with Crippen LogP contribution in [0, 0.1) is 5.41 Å². The highest BCUT2D eigenvalue weighted by molar-refractivity contribution is 5.83. The van der Waals surface area contributed by atoms with Crippen LogP contribution in [0.1, 0.15) is 31.7 Å². The van der Waals surface area contributed by atoms with Gasteiger partial charge in [-0.25, -0.2) is 4.79 Å². The van der Waals surface area contributed by atoms with Crippen LogP contribution in [0.5, 0.6) is 5.75 Å². The van der Waals surface area contributed by atoms with E-state index in [1.807, 2.05) is 6.07 Å². The predicted octanol–water partition coefficient (Wildman–Crippen LogP) is 1.25. The van der Waals surface area contributed by atoms with Gasteiger partial charge in [0.25, 0.3) is 0 Å². The Morgan fingerprint density at radius 3 is 2.46 bits per heavy atom. The summed E-state index contributed by atoms with van der Waals surface area (Å²) in [6, 6.07) is 5.91. The zero-order valence-electron chi connectivity index (χ0n) is 14.9. The topological polar surface area (TPSA) is 98.2 Å². The van der Waals surface area contributed by atoms with Crippen LogP contribution in [0.25, 0.3) is 0 Å². The first-order valence-electron chi connectivity index (χ1n) is 8.85. The number of piperidine rings is 1. The first-order valence-corrected chi connectivity index (χ1v) is 8.85. The molecule has 2 aliphatic heterocycles. The number of phenolic OH excluding ortho intramolecular Hbond substituents is 1. The summed E-state index contributed by atoms with van der Waals surface area (Å²) in [6.45, 7) is 2.99. The Bertz CT molecular complexity index is 700. The zero-order chi connectivity index (χ0) is 18.9. The fourth-order valence-corrected chi connectivity index (χ4v) is 4.15. The molecule has 2 heterocycles. The maximum absolute atomic E-state index is 12.5. The van der Waals surface area contributed by atoms with Crippen LogP contribution < -0.4 is 0 Å². The van der Waals surface area contributed by atoms with Crippen LogP contribution in [-0.2, 0) is 20.8 Å². The van der Waals surface area contributed by atoms with Gasteiger partial charge in [-0.2, -0.15) is 0 Å². The average molecular weight is 360 g/mol. The minimum Gasteiger partial charge on any atom is -0.508 e. The molecule has 0 saturated carbocycles. The Kier molecular flexibility index (Phi) is 4.89. The zero-order valence-corrected chi connectivity index (χ0v) is 14.9. The number of carbonyl (C=O) groups excluding carboxylic acids is 2. The number of aromatic hydroxyl groups is 1. The monoisotopic (exact) mass is 360 g/mol. The van der Waals surface area contributed by atoms with Crippen molar-refractivity contribution in [2.75, 3.05) is 19.6 Å². The second kappa shape index (κ2) is 6.97. The molecule has 2 amide bonds. The van der Waals surface area contributed by atoms with Gasteiger partial charge in [-0.15, -0.1) is 0 Å². The molecule has 0 unspecified atom stereocenters. The summed E-state index contributed by atoms with van der Waals surface area (Å²) in [4.78, 5) is 39.0. The fourth-order valence-electron chi connectivity index (χ4n) is 4.15. The lowest BCUT2D eigenvalue weighted by Gasteiger charge is -2.39. The molecule has 7 nitrogen and oxygen atoms in total. The third-order valence-corrected chi connectivity index (χ3v) is 5.64. The van der Waals surface area contributed by atoms with Crippen molar-refractivity contribution in [2.24, 2.45) is 5.41 Å². The number of benzene rings is 1. The van der Waals surface area contributed by atoms with Crippen molar-refractivity contribution in [1.29, 1.82) is 0 Å². The molecule has 3 rings (SSSR count). The molecule has 0 radical (unpaired) electrons. The number of rotatable bonds is 3. The number of aliphatic carboxylic acids is 1. The highest BCUT2D eigenvalue weighted by Crippen LogP contribution is 2.43. The second-order valence-electron chi connectivity index (χ2n) is 7.43. The fraction of sp³-hybridized carbons (Fsp3) is 0.526. The molecule has 2 fully saturated rings. The molecule has 1 spiro atoms. The molecule has 0 aromatic heterocycles. The van der Waals surface area contributed by atoms with Gasteiger partial charge in [-0.1, -0.05) is 12.1 Å². The molecule has 2 saturated heterocycles. The number of carboxylic acids is 1. The lowest BCUT2D eigenvalue weighted by atomic mass is 9.76. The van der Waals surface area contributed by atoms with Crippen LogP contribution in [-0.4, -0.2) is 63.5 Å². The molecule has 0 aliphatic carbocycles. The lowest BCUT2D eigenvalue weighted by molar-refractivity contribution is -0.147. The first-order chi connectivity index (χ1) is 12.3. The molecule has 1 aromatic rings. The van der Waals surface area contributed by atoms with Gasteiger partial charge in [0.15, 0.2) is 0 Å². The standard InChI is InChI=1S/C19H24N2O5/c1-13(22)21-12-19(11-16(21)18(25)26)5-7-20(8-6-19)17(24)10-14-3-2-4-15(23)9-14/h2-4,9,16,23H,5-8,10-12H2,1H3,(H,25,26)/t16-/m0/s1. The van der Waals surface area contributed by atoms with Gasteiger partial charge in [-0.3, -0.25) is 9.59 Å². The normalized spacial score (nSPS) is 21.8. The van der Waals surface area contributed by atoms with Crippen molar-refractivity contribution in [3.63, 3.8) is 0 Å². The Labute approximate surface area is 152 Å². The van der Waals surface area contributed by atoms with E-state index in [4.69, 9.17) is 0 Å². The van der Waals surface area contributed by atoms with Crippen LogP contribution in [0.2, 0.25) is 0 Å². The molecule has 0 bridgehead atoms. The SMILES string of the molecule is CC(=O)N1CC2(CCN(C(=O)Cc3cccc(O)c3)CC2)C[C@H]1C(=O)O. The number of carbonyl (C=O) groups is 3. The van der Waals surface area contributed by atoms with E-state index in [0.29, 0.717) is 38.9 Å². The predicted molar refractivity (Wildman–Crippen MR) is 93.5 cm³/mol. The summed E-state index contributed by atoms with van der Waals surface area (Å²) in [5.41, 5.74) is 0.557. The molecular weight excluding hydrogens is 336 g/mol. The summed E-state index contributed by atoms with van der Waals surface area (Å²) in [7, 11) is 0. The van der Waals surface area contributed by atoms with Crippen molar-refractivity contribution in [3.8, 4) is 5.75 Å². The highest BCUT2D eigenvalue weighted by Gasteiger charge is 2.49. The lowest BCUT2D eigenvalue weighted by Crippen LogP contribution is -2.45. The van der Waals surface area contributed by atoms with Crippen molar-refractivity contribution < 1.29 is 24.6 Å². The van der Waals surface area contributed by atoms with Gasteiger partial charge in [0.05, 0.1) is 6.42 Å². The number of hydrogen-bond acceptors (Lipinski definition) is 4. The molecule has 2 N–H and O–H groups in total. The summed E-state index contributed by atoms with van der Waals surface area (Å²) in [6.07, 6.45) is 2.09. The van der Waals surface area contributed by atoms with E-state index in [9.17, 15) is 24.6 Å². The van der Waals surface area contributed by atoms with E-state index in [1.165, 1.54) is 11.8 Å².